The number of aliphatic imine (C=N–C) groups is 1. The first kappa shape index (κ1) is 8.97. The summed E-state index contributed by atoms with van der Waals surface area (Å²) in [6.07, 6.45) is 0. The third-order valence-corrected chi connectivity index (χ3v) is 4.16. The Bertz CT molecular complexity index is 483. The van der Waals surface area contributed by atoms with Crippen LogP contribution >= 0.6 is 11.8 Å². The van der Waals surface area contributed by atoms with Crippen molar-refractivity contribution in [2.45, 2.75) is 11.8 Å². The van der Waals surface area contributed by atoms with Gasteiger partial charge in [0.15, 0.2) is 0 Å². The zero-order valence-electron chi connectivity index (χ0n) is 8.28. The highest BCUT2D eigenvalue weighted by Gasteiger charge is 2.49. The predicted molar refractivity (Wildman–Crippen MR) is 62.3 cm³/mol. The number of para-hydroxylation sites is 1. The van der Waals surface area contributed by atoms with Gasteiger partial charge in [0.2, 0.25) is 4.87 Å². The van der Waals surface area contributed by atoms with Gasteiger partial charge < -0.3 is 5.32 Å². The van der Waals surface area contributed by atoms with E-state index < -0.39 is 4.87 Å². The molecule has 2 aliphatic rings. The first-order valence-corrected chi connectivity index (χ1v) is 5.81. The van der Waals surface area contributed by atoms with E-state index >= 15 is 0 Å². The summed E-state index contributed by atoms with van der Waals surface area (Å²) in [5.41, 5.74) is 2.93. The minimum atomic E-state index is -0.694. The van der Waals surface area contributed by atoms with Crippen LogP contribution in [-0.4, -0.2) is 17.4 Å². The highest BCUT2D eigenvalue weighted by atomic mass is 32.2. The van der Waals surface area contributed by atoms with Gasteiger partial charge in [-0.15, -0.1) is 11.8 Å². The van der Waals surface area contributed by atoms with Gasteiger partial charge in [0, 0.05) is 22.7 Å². The van der Waals surface area contributed by atoms with Gasteiger partial charge in [0.05, 0.1) is 0 Å². The molecule has 1 N–H and O–H groups in total. The maximum absolute atomic E-state index is 12.0. The van der Waals surface area contributed by atoms with E-state index in [1.807, 2.05) is 31.2 Å². The number of rotatable bonds is 0. The quantitative estimate of drug-likeness (QED) is 0.723. The highest BCUT2D eigenvalue weighted by molar-refractivity contribution is 8.02. The number of carbonyl (C=O) groups is 1. The smallest absolute Gasteiger partial charge is 0.267 e. The molecule has 0 aliphatic carbocycles. The Morgan fingerprint density at radius 2 is 2.27 bits per heavy atom. The van der Waals surface area contributed by atoms with E-state index in [-0.39, 0.29) is 5.91 Å². The number of fused-ring (bicyclic) bond motifs is 2. The highest BCUT2D eigenvalue weighted by Crippen LogP contribution is 2.49. The minimum Gasteiger partial charge on any atom is -0.322 e. The second-order valence-electron chi connectivity index (χ2n) is 3.78. The van der Waals surface area contributed by atoms with Gasteiger partial charge in [0.25, 0.3) is 5.91 Å². The standard InChI is InChI=1S/C11H10N2OS/c1-7-6-15-11(13-7)8-4-2-3-5-9(8)12-10(11)14/h2-5H,6H2,1H3,(H,12,14). The molecule has 1 aromatic rings. The summed E-state index contributed by atoms with van der Waals surface area (Å²) in [7, 11) is 0. The van der Waals surface area contributed by atoms with E-state index in [4.69, 9.17) is 0 Å². The molecule has 76 valence electrons. The number of nitrogens with one attached hydrogen (secondary N) is 1. The van der Waals surface area contributed by atoms with Crippen LogP contribution in [-0.2, 0) is 9.67 Å². The lowest BCUT2D eigenvalue weighted by atomic mass is 10.1. The molecule has 2 aliphatic heterocycles. The Labute approximate surface area is 92.0 Å². The normalized spacial score (nSPS) is 27.8. The molecule has 0 aromatic heterocycles. The van der Waals surface area contributed by atoms with Crippen LogP contribution in [0.25, 0.3) is 0 Å². The van der Waals surface area contributed by atoms with Crippen LogP contribution < -0.4 is 5.32 Å². The second-order valence-corrected chi connectivity index (χ2v) is 4.95. The van der Waals surface area contributed by atoms with Crippen LogP contribution in [0.2, 0.25) is 0 Å². The molecule has 1 amide bonds. The molecule has 0 saturated carbocycles. The number of thioether (sulfide) groups is 1. The number of hydrogen-bond donors (Lipinski definition) is 1. The van der Waals surface area contributed by atoms with Crippen LogP contribution in [0.5, 0.6) is 0 Å². The van der Waals surface area contributed by atoms with Crippen LogP contribution in [0.4, 0.5) is 5.69 Å². The first-order chi connectivity index (χ1) is 7.22. The van der Waals surface area contributed by atoms with Crippen LogP contribution in [0.3, 0.4) is 0 Å². The van der Waals surface area contributed by atoms with Crippen LogP contribution in [0, 0.1) is 0 Å². The average Bonchev–Trinajstić information content (AvgIpc) is 2.73. The summed E-state index contributed by atoms with van der Waals surface area (Å²) in [4.78, 5) is 15.8. The Kier molecular flexibility index (Phi) is 1.71. The number of anilines is 1. The number of benzene rings is 1. The lowest BCUT2D eigenvalue weighted by Crippen LogP contribution is -2.26. The summed E-state index contributed by atoms with van der Waals surface area (Å²) >= 11 is 1.60. The lowest BCUT2D eigenvalue weighted by Gasteiger charge is -2.16. The van der Waals surface area contributed by atoms with Gasteiger partial charge in [-0.2, -0.15) is 0 Å². The van der Waals surface area contributed by atoms with Crippen molar-refractivity contribution in [1.82, 2.24) is 0 Å². The molecular formula is C11H10N2OS. The molecule has 0 radical (unpaired) electrons. The third kappa shape index (κ3) is 1.08. The van der Waals surface area contributed by atoms with Gasteiger partial charge in [-0.3, -0.25) is 9.79 Å². The molecule has 15 heavy (non-hydrogen) atoms. The van der Waals surface area contributed by atoms with Gasteiger partial charge in [-0.1, -0.05) is 18.2 Å². The Hall–Kier alpha value is -1.29. The summed E-state index contributed by atoms with van der Waals surface area (Å²) in [5.74, 6) is 0.826. The maximum atomic E-state index is 12.0. The molecule has 3 nitrogen and oxygen atoms in total. The fraction of sp³-hybridized carbons (Fsp3) is 0.273. The minimum absolute atomic E-state index is 0.00875. The van der Waals surface area contributed by atoms with E-state index in [2.05, 4.69) is 10.3 Å². The SMILES string of the molecule is CC1=NC2(SC1)C(=O)Nc1ccccc12. The van der Waals surface area contributed by atoms with Crippen molar-refractivity contribution in [3.8, 4) is 0 Å². The molecule has 1 spiro atoms. The third-order valence-electron chi connectivity index (χ3n) is 2.69. The largest absolute Gasteiger partial charge is 0.322 e. The van der Waals surface area contributed by atoms with Crippen molar-refractivity contribution in [2.75, 3.05) is 11.1 Å². The number of hydrogen-bond acceptors (Lipinski definition) is 3. The fourth-order valence-corrected chi connectivity index (χ4v) is 3.23. The van der Waals surface area contributed by atoms with Crippen molar-refractivity contribution in [1.29, 1.82) is 0 Å². The molecule has 1 unspecified atom stereocenters. The lowest BCUT2D eigenvalue weighted by molar-refractivity contribution is -0.117. The Morgan fingerprint density at radius 3 is 3.00 bits per heavy atom. The van der Waals surface area contributed by atoms with Crippen LogP contribution in [0.1, 0.15) is 12.5 Å². The molecule has 1 atom stereocenters. The van der Waals surface area contributed by atoms with E-state index in [1.165, 1.54) is 0 Å². The zero-order valence-corrected chi connectivity index (χ0v) is 9.10. The van der Waals surface area contributed by atoms with Crippen molar-refractivity contribution in [3.05, 3.63) is 29.8 Å². The summed E-state index contributed by atoms with van der Waals surface area (Å²) in [6, 6.07) is 7.77. The molecule has 3 rings (SSSR count). The number of carbonyl (C=O) groups excluding carboxylic acids is 1. The van der Waals surface area contributed by atoms with Gasteiger partial charge in [0.1, 0.15) is 0 Å². The molecule has 0 fully saturated rings. The summed E-state index contributed by atoms with van der Waals surface area (Å²) in [5, 5.41) is 2.88. The molecule has 4 heteroatoms. The Morgan fingerprint density at radius 1 is 1.47 bits per heavy atom. The fourth-order valence-electron chi connectivity index (χ4n) is 2.01. The average molecular weight is 218 g/mol. The van der Waals surface area contributed by atoms with E-state index in [9.17, 15) is 4.79 Å². The van der Waals surface area contributed by atoms with Gasteiger partial charge >= 0.3 is 0 Å². The van der Waals surface area contributed by atoms with Crippen molar-refractivity contribution >= 4 is 29.1 Å². The molecule has 2 heterocycles. The Balaban J connectivity index is 2.22. The van der Waals surface area contributed by atoms with Crippen LogP contribution in [0.15, 0.2) is 29.3 Å². The topological polar surface area (TPSA) is 41.5 Å². The maximum Gasteiger partial charge on any atom is 0.267 e. The monoisotopic (exact) mass is 218 g/mol. The van der Waals surface area contributed by atoms with Crippen molar-refractivity contribution in [3.63, 3.8) is 0 Å². The second kappa shape index (κ2) is 2.85. The molecular weight excluding hydrogens is 208 g/mol. The van der Waals surface area contributed by atoms with E-state index in [0.717, 1.165) is 22.7 Å². The van der Waals surface area contributed by atoms with Gasteiger partial charge in [-0.05, 0) is 13.0 Å². The number of amides is 1. The van der Waals surface area contributed by atoms with E-state index in [0.29, 0.717) is 0 Å². The van der Waals surface area contributed by atoms with Crippen molar-refractivity contribution < 1.29 is 4.79 Å². The first-order valence-electron chi connectivity index (χ1n) is 4.83. The van der Waals surface area contributed by atoms with Gasteiger partial charge in [-0.25, -0.2) is 0 Å². The molecule has 1 aromatic carbocycles. The zero-order chi connectivity index (χ0) is 10.5. The molecule has 0 saturated heterocycles. The molecule has 0 bridgehead atoms. The summed E-state index contributed by atoms with van der Waals surface area (Å²) < 4.78 is 0. The van der Waals surface area contributed by atoms with Crippen molar-refractivity contribution in [2.24, 2.45) is 4.99 Å². The predicted octanol–water partition coefficient (Wildman–Crippen LogP) is 2.00. The van der Waals surface area contributed by atoms with E-state index in [1.54, 1.807) is 11.8 Å². The number of nitrogens with zero attached hydrogens (tertiary/aromatic N) is 1. The summed E-state index contributed by atoms with van der Waals surface area (Å²) in [6.45, 7) is 1.97.